The third-order valence-electron chi connectivity index (χ3n) is 2.41. The van der Waals surface area contributed by atoms with Crippen LogP contribution < -0.4 is 20.5 Å². The second-order valence-electron chi connectivity index (χ2n) is 4.05. The van der Waals surface area contributed by atoms with E-state index in [1.54, 1.807) is 0 Å². The molecule has 0 spiro atoms. The van der Waals surface area contributed by atoms with E-state index >= 15 is 0 Å². The predicted molar refractivity (Wildman–Crippen MR) is 72.1 cm³/mol. The van der Waals surface area contributed by atoms with Crippen molar-refractivity contribution < 1.29 is 37.4 Å². The molecule has 0 saturated heterocycles. The molecule has 126 valence electrons. The molecule has 1 rings (SSSR count). The van der Waals surface area contributed by atoms with Crippen molar-refractivity contribution >= 4 is 17.8 Å². The molecule has 0 fully saturated rings. The molecule has 0 aliphatic rings. The maximum absolute atomic E-state index is 12.2. The van der Waals surface area contributed by atoms with Gasteiger partial charge in [-0.05, 0) is 18.2 Å². The molecule has 1 aromatic carbocycles. The number of hydrogen-bond acceptors (Lipinski definition) is 6. The Balaban J connectivity index is 2.66. The van der Waals surface area contributed by atoms with Gasteiger partial charge in [0, 0.05) is 5.56 Å². The van der Waals surface area contributed by atoms with Gasteiger partial charge in [-0.1, -0.05) is 0 Å². The first-order valence-corrected chi connectivity index (χ1v) is 6.18. The Kier molecular flexibility index (Phi) is 6.71. The van der Waals surface area contributed by atoms with Crippen LogP contribution in [0.5, 0.6) is 11.5 Å². The standard InChI is InChI=1S/C13H14F2N2O6/c1-21-9-4-7(2-3-8(9)23-13(14)15)12(20)17-5-11(19)22-6-10(16)18/h2-4,13H,5-6H2,1H3,(H2,16,18)(H,17,20). The molecule has 23 heavy (non-hydrogen) atoms. The average Bonchev–Trinajstić information content (AvgIpc) is 2.50. The monoisotopic (exact) mass is 332 g/mol. The molecule has 0 aliphatic carbocycles. The normalized spacial score (nSPS) is 10.1. The number of halogens is 2. The summed E-state index contributed by atoms with van der Waals surface area (Å²) in [5.41, 5.74) is 4.83. The van der Waals surface area contributed by atoms with Crippen LogP contribution >= 0.6 is 0 Å². The highest BCUT2D eigenvalue weighted by Gasteiger charge is 2.15. The van der Waals surface area contributed by atoms with Gasteiger partial charge in [-0.3, -0.25) is 14.4 Å². The maximum atomic E-state index is 12.2. The topological polar surface area (TPSA) is 117 Å². The minimum Gasteiger partial charge on any atom is -0.493 e. The van der Waals surface area contributed by atoms with Crippen molar-refractivity contribution in [3.8, 4) is 11.5 Å². The number of ether oxygens (including phenoxy) is 3. The SMILES string of the molecule is COc1cc(C(=O)NCC(=O)OCC(N)=O)ccc1OC(F)F. The summed E-state index contributed by atoms with van der Waals surface area (Å²) in [6.45, 7) is -4.13. The van der Waals surface area contributed by atoms with Crippen molar-refractivity contribution in [2.24, 2.45) is 5.73 Å². The molecule has 0 bridgehead atoms. The number of rotatable bonds is 8. The quantitative estimate of drug-likeness (QED) is 0.650. The second kappa shape index (κ2) is 8.51. The molecular weight excluding hydrogens is 318 g/mol. The molecule has 2 amide bonds. The summed E-state index contributed by atoms with van der Waals surface area (Å²) in [6.07, 6.45) is 0. The number of alkyl halides is 2. The van der Waals surface area contributed by atoms with Crippen LogP contribution in [-0.4, -0.2) is 44.7 Å². The van der Waals surface area contributed by atoms with Gasteiger partial charge in [0.1, 0.15) is 6.54 Å². The fourth-order valence-corrected chi connectivity index (χ4v) is 1.46. The minimum atomic E-state index is -3.04. The summed E-state index contributed by atoms with van der Waals surface area (Å²) >= 11 is 0. The Labute approximate surface area is 129 Å². The molecule has 3 N–H and O–H groups in total. The third-order valence-corrected chi connectivity index (χ3v) is 2.41. The van der Waals surface area contributed by atoms with E-state index in [9.17, 15) is 23.2 Å². The molecule has 0 unspecified atom stereocenters. The van der Waals surface area contributed by atoms with Crippen LogP contribution in [0.25, 0.3) is 0 Å². The number of nitrogens with one attached hydrogen (secondary N) is 1. The van der Waals surface area contributed by atoms with Crippen LogP contribution in [0.2, 0.25) is 0 Å². The van der Waals surface area contributed by atoms with E-state index in [2.05, 4.69) is 14.8 Å². The van der Waals surface area contributed by atoms with E-state index in [0.717, 1.165) is 6.07 Å². The highest BCUT2D eigenvalue weighted by Crippen LogP contribution is 2.29. The summed E-state index contributed by atoms with van der Waals surface area (Å²) in [4.78, 5) is 33.5. The van der Waals surface area contributed by atoms with E-state index in [0.29, 0.717) is 0 Å². The van der Waals surface area contributed by atoms with Crippen LogP contribution in [0.15, 0.2) is 18.2 Å². The maximum Gasteiger partial charge on any atom is 0.387 e. The molecule has 0 aliphatic heterocycles. The first-order chi connectivity index (χ1) is 10.8. The predicted octanol–water partition coefficient (Wildman–Crippen LogP) is 0.0549. The fourth-order valence-electron chi connectivity index (χ4n) is 1.46. The number of benzene rings is 1. The number of primary amides is 1. The number of nitrogens with two attached hydrogens (primary N) is 1. The Hall–Kier alpha value is -2.91. The molecule has 0 saturated carbocycles. The lowest BCUT2D eigenvalue weighted by Gasteiger charge is -2.11. The minimum absolute atomic E-state index is 0.0474. The zero-order valence-corrected chi connectivity index (χ0v) is 12.0. The van der Waals surface area contributed by atoms with Crippen LogP contribution in [0.4, 0.5) is 8.78 Å². The van der Waals surface area contributed by atoms with Gasteiger partial charge in [-0.2, -0.15) is 8.78 Å². The Bertz CT molecular complexity index is 594. The van der Waals surface area contributed by atoms with Crippen molar-refractivity contribution in [1.82, 2.24) is 5.32 Å². The van der Waals surface area contributed by atoms with Gasteiger partial charge in [-0.25, -0.2) is 0 Å². The first-order valence-electron chi connectivity index (χ1n) is 6.18. The molecule has 0 atom stereocenters. The summed E-state index contributed by atoms with van der Waals surface area (Å²) in [5.74, 6) is -2.68. The second-order valence-corrected chi connectivity index (χ2v) is 4.05. The number of methoxy groups -OCH3 is 1. The van der Waals surface area contributed by atoms with Crippen LogP contribution in [0.3, 0.4) is 0 Å². The summed E-state index contributed by atoms with van der Waals surface area (Å²) < 4.78 is 37.9. The van der Waals surface area contributed by atoms with Gasteiger partial charge in [-0.15, -0.1) is 0 Å². The van der Waals surface area contributed by atoms with E-state index in [4.69, 9.17) is 10.5 Å². The number of esters is 1. The number of carbonyl (C=O) groups is 3. The zero-order chi connectivity index (χ0) is 17.4. The van der Waals surface area contributed by atoms with E-state index in [-0.39, 0.29) is 17.1 Å². The lowest BCUT2D eigenvalue weighted by Crippen LogP contribution is -2.32. The van der Waals surface area contributed by atoms with Crippen LogP contribution in [-0.2, 0) is 14.3 Å². The van der Waals surface area contributed by atoms with E-state index in [1.165, 1.54) is 19.2 Å². The summed E-state index contributed by atoms with van der Waals surface area (Å²) in [5, 5.41) is 2.22. The highest BCUT2D eigenvalue weighted by molar-refractivity contribution is 5.96. The summed E-state index contributed by atoms with van der Waals surface area (Å²) in [7, 11) is 1.22. The molecule has 0 aromatic heterocycles. The molecule has 10 heteroatoms. The van der Waals surface area contributed by atoms with Crippen molar-refractivity contribution in [3.05, 3.63) is 23.8 Å². The average molecular weight is 332 g/mol. The van der Waals surface area contributed by atoms with Gasteiger partial charge < -0.3 is 25.3 Å². The van der Waals surface area contributed by atoms with Gasteiger partial charge in [0.05, 0.1) is 7.11 Å². The van der Waals surface area contributed by atoms with E-state index < -0.39 is 37.5 Å². The number of amides is 2. The fraction of sp³-hybridized carbons (Fsp3) is 0.308. The largest absolute Gasteiger partial charge is 0.493 e. The molecule has 0 heterocycles. The van der Waals surface area contributed by atoms with Gasteiger partial charge >= 0.3 is 12.6 Å². The molecule has 8 nitrogen and oxygen atoms in total. The van der Waals surface area contributed by atoms with Crippen molar-refractivity contribution in [2.45, 2.75) is 6.61 Å². The molecule has 1 aromatic rings. The van der Waals surface area contributed by atoms with Crippen LogP contribution in [0, 0.1) is 0 Å². The number of carbonyl (C=O) groups excluding carboxylic acids is 3. The molecular formula is C13H14F2N2O6. The number of hydrogen-bond donors (Lipinski definition) is 2. The Morgan fingerprint density at radius 3 is 2.52 bits per heavy atom. The lowest BCUT2D eigenvalue weighted by atomic mass is 10.2. The van der Waals surface area contributed by atoms with Gasteiger partial charge in [0.25, 0.3) is 11.8 Å². The highest BCUT2D eigenvalue weighted by atomic mass is 19.3. The Morgan fingerprint density at radius 1 is 1.26 bits per heavy atom. The summed E-state index contributed by atoms with van der Waals surface area (Å²) in [6, 6.07) is 3.51. The van der Waals surface area contributed by atoms with Crippen molar-refractivity contribution in [1.29, 1.82) is 0 Å². The van der Waals surface area contributed by atoms with Crippen LogP contribution in [0.1, 0.15) is 10.4 Å². The first kappa shape index (κ1) is 18.1. The third kappa shape index (κ3) is 6.16. The lowest BCUT2D eigenvalue weighted by molar-refractivity contribution is -0.146. The van der Waals surface area contributed by atoms with Gasteiger partial charge in [0.2, 0.25) is 0 Å². The van der Waals surface area contributed by atoms with Crippen molar-refractivity contribution in [2.75, 3.05) is 20.3 Å². The zero-order valence-electron chi connectivity index (χ0n) is 12.0. The Morgan fingerprint density at radius 2 is 1.96 bits per heavy atom. The smallest absolute Gasteiger partial charge is 0.387 e. The molecule has 0 radical (unpaired) electrons. The van der Waals surface area contributed by atoms with E-state index in [1.807, 2.05) is 0 Å². The van der Waals surface area contributed by atoms with Gasteiger partial charge in [0.15, 0.2) is 18.1 Å². The van der Waals surface area contributed by atoms with Crippen molar-refractivity contribution in [3.63, 3.8) is 0 Å².